The molecule has 0 radical (unpaired) electrons. The lowest BCUT2D eigenvalue weighted by Gasteiger charge is -2.17. The second-order valence-electron chi connectivity index (χ2n) is 6.84. The standard InChI is InChI=1S/C22H19Cl2N3O3S2/c1-27(14-15-5-3-2-4-6-15)32(29,30)20-9-7-19(8-10-20)25-22(31)26-21(28)16-11-17(23)13-18(24)12-16/h2-13H,14H2,1H3,(H2,25,26,28,31). The highest BCUT2D eigenvalue weighted by Crippen LogP contribution is 2.20. The van der Waals surface area contributed by atoms with Crippen LogP contribution in [0.5, 0.6) is 0 Å². The molecule has 166 valence electrons. The van der Waals surface area contributed by atoms with Gasteiger partial charge in [-0.2, -0.15) is 4.31 Å². The van der Waals surface area contributed by atoms with Gasteiger partial charge in [-0.3, -0.25) is 10.1 Å². The summed E-state index contributed by atoms with van der Waals surface area (Å²) in [5.41, 5.74) is 1.66. The lowest BCUT2D eigenvalue weighted by molar-refractivity contribution is 0.0977. The van der Waals surface area contributed by atoms with Gasteiger partial charge in [-0.15, -0.1) is 0 Å². The molecule has 0 saturated heterocycles. The predicted octanol–water partition coefficient (Wildman–Crippen LogP) is 4.94. The molecule has 3 aromatic carbocycles. The van der Waals surface area contributed by atoms with Crippen LogP contribution in [-0.4, -0.2) is 30.8 Å². The molecule has 0 aliphatic rings. The summed E-state index contributed by atoms with van der Waals surface area (Å²) in [5.74, 6) is -0.478. The molecule has 0 bridgehead atoms. The number of rotatable bonds is 6. The van der Waals surface area contributed by atoms with Crippen molar-refractivity contribution in [3.63, 3.8) is 0 Å². The Morgan fingerprint density at radius 2 is 1.56 bits per heavy atom. The van der Waals surface area contributed by atoms with Crippen LogP contribution in [0, 0.1) is 0 Å². The van der Waals surface area contributed by atoms with E-state index in [1.807, 2.05) is 30.3 Å². The topological polar surface area (TPSA) is 78.5 Å². The molecule has 0 aliphatic heterocycles. The maximum absolute atomic E-state index is 12.8. The van der Waals surface area contributed by atoms with E-state index in [0.29, 0.717) is 15.7 Å². The van der Waals surface area contributed by atoms with Gasteiger partial charge in [0, 0.05) is 34.9 Å². The van der Waals surface area contributed by atoms with E-state index in [0.717, 1.165) is 5.56 Å². The number of anilines is 1. The van der Waals surface area contributed by atoms with Crippen molar-refractivity contribution in [3.8, 4) is 0 Å². The molecular formula is C22H19Cl2N3O3S2. The Balaban J connectivity index is 1.63. The number of hydrogen-bond donors (Lipinski definition) is 2. The van der Waals surface area contributed by atoms with Crippen molar-refractivity contribution in [2.45, 2.75) is 11.4 Å². The number of nitrogens with one attached hydrogen (secondary N) is 2. The summed E-state index contributed by atoms with van der Waals surface area (Å²) < 4.78 is 26.9. The van der Waals surface area contributed by atoms with Gasteiger partial charge in [-0.25, -0.2) is 8.42 Å². The largest absolute Gasteiger partial charge is 0.332 e. The van der Waals surface area contributed by atoms with Crippen LogP contribution in [0.15, 0.2) is 77.7 Å². The van der Waals surface area contributed by atoms with Crippen LogP contribution in [0.1, 0.15) is 15.9 Å². The van der Waals surface area contributed by atoms with Crippen LogP contribution < -0.4 is 10.6 Å². The van der Waals surface area contributed by atoms with Crippen LogP contribution in [0.3, 0.4) is 0 Å². The highest BCUT2D eigenvalue weighted by atomic mass is 35.5. The highest BCUT2D eigenvalue weighted by molar-refractivity contribution is 7.89. The minimum absolute atomic E-state index is 0.0444. The lowest BCUT2D eigenvalue weighted by atomic mass is 10.2. The number of carbonyl (C=O) groups is 1. The van der Waals surface area contributed by atoms with E-state index in [4.69, 9.17) is 35.4 Å². The van der Waals surface area contributed by atoms with Crippen LogP contribution in [0.2, 0.25) is 10.0 Å². The molecule has 0 saturated carbocycles. The first-order valence-corrected chi connectivity index (χ1v) is 11.9. The Labute approximate surface area is 202 Å². The van der Waals surface area contributed by atoms with E-state index in [1.54, 1.807) is 12.1 Å². The average molecular weight is 508 g/mol. The molecule has 0 aliphatic carbocycles. The Hall–Kier alpha value is -2.49. The summed E-state index contributed by atoms with van der Waals surface area (Å²) in [6.07, 6.45) is 0. The molecule has 0 spiro atoms. The first kappa shape index (κ1) is 24.2. The third-order valence-electron chi connectivity index (χ3n) is 4.42. The zero-order valence-corrected chi connectivity index (χ0v) is 20.0. The zero-order valence-electron chi connectivity index (χ0n) is 16.9. The summed E-state index contributed by atoms with van der Waals surface area (Å²) in [5, 5.41) is 6.07. The van der Waals surface area contributed by atoms with Crippen molar-refractivity contribution in [1.29, 1.82) is 0 Å². The first-order chi connectivity index (χ1) is 15.1. The highest BCUT2D eigenvalue weighted by Gasteiger charge is 2.21. The maximum Gasteiger partial charge on any atom is 0.257 e. The molecule has 3 aromatic rings. The van der Waals surface area contributed by atoms with E-state index in [9.17, 15) is 13.2 Å². The van der Waals surface area contributed by atoms with Crippen molar-refractivity contribution in [2.24, 2.45) is 0 Å². The van der Waals surface area contributed by atoms with E-state index in [2.05, 4.69) is 10.6 Å². The second kappa shape index (κ2) is 10.4. The number of amides is 1. The molecule has 2 N–H and O–H groups in total. The summed E-state index contributed by atoms with van der Waals surface area (Å²) in [6.45, 7) is 0.257. The third kappa shape index (κ3) is 6.27. The monoisotopic (exact) mass is 507 g/mol. The SMILES string of the molecule is CN(Cc1ccccc1)S(=O)(=O)c1ccc(NC(=S)NC(=O)c2cc(Cl)cc(Cl)c2)cc1. The van der Waals surface area contributed by atoms with Crippen molar-refractivity contribution in [3.05, 3.63) is 94.0 Å². The Kier molecular flexibility index (Phi) is 7.86. The molecule has 1 amide bonds. The van der Waals surface area contributed by atoms with Crippen LogP contribution >= 0.6 is 35.4 Å². The fourth-order valence-corrected chi connectivity index (χ4v) is 4.73. The fourth-order valence-electron chi connectivity index (χ4n) is 2.84. The number of carbonyl (C=O) groups excluding carboxylic acids is 1. The zero-order chi connectivity index (χ0) is 23.3. The normalized spacial score (nSPS) is 11.2. The minimum Gasteiger partial charge on any atom is -0.332 e. The first-order valence-electron chi connectivity index (χ1n) is 9.34. The number of thiocarbonyl (C=S) groups is 1. The smallest absolute Gasteiger partial charge is 0.257 e. The van der Waals surface area contributed by atoms with E-state index in [1.165, 1.54) is 41.7 Å². The van der Waals surface area contributed by atoms with Gasteiger partial charge in [0.1, 0.15) is 0 Å². The number of benzene rings is 3. The molecule has 0 atom stereocenters. The molecule has 10 heteroatoms. The van der Waals surface area contributed by atoms with Crippen LogP contribution in [0.4, 0.5) is 5.69 Å². The number of sulfonamides is 1. The summed E-state index contributed by atoms with van der Waals surface area (Å²) in [6, 6.07) is 19.9. The molecule has 0 aromatic heterocycles. The number of nitrogens with zero attached hydrogens (tertiary/aromatic N) is 1. The fraction of sp³-hybridized carbons (Fsp3) is 0.0909. The lowest BCUT2D eigenvalue weighted by Crippen LogP contribution is -2.34. The van der Waals surface area contributed by atoms with Gasteiger partial charge in [-0.05, 0) is 60.2 Å². The minimum atomic E-state index is -3.67. The average Bonchev–Trinajstić information content (AvgIpc) is 2.74. The summed E-state index contributed by atoms with van der Waals surface area (Å²) in [4.78, 5) is 12.5. The quantitative estimate of drug-likeness (QED) is 0.462. The van der Waals surface area contributed by atoms with E-state index in [-0.39, 0.29) is 22.1 Å². The summed E-state index contributed by atoms with van der Waals surface area (Å²) in [7, 11) is -2.14. The van der Waals surface area contributed by atoms with Crippen molar-refractivity contribution < 1.29 is 13.2 Å². The van der Waals surface area contributed by atoms with Gasteiger partial charge in [0.25, 0.3) is 5.91 Å². The Morgan fingerprint density at radius 1 is 0.969 bits per heavy atom. The third-order valence-corrected chi connectivity index (χ3v) is 6.88. The van der Waals surface area contributed by atoms with Gasteiger partial charge < -0.3 is 5.32 Å². The van der Waals surface area contributed by atoms with Gasteiger partial charge in [0.15, 0.2) is 5.11 Å². The second-order valence-corrected chi connectivity index (χ2v) is 10.2. The van der Waals surface area contributed by atoms with Gasteiger partial charge in [-0.1, -0.05) is 53.5 Å². The Morgan fingerprint density at radius 3 is 2.16 bits per heavy atom. The van der Waals surface area contributed by atoms with Crippen LogP contribution in [0.25, 0.3) is 0 Å². The number of halogens is 2. The van der Waals surface area contributed by atoms with Crippen molar-refractivity contribution in [1.82, 2.24) is 9.62 Å². The molecule has 6 nitrogen and oxygen atoms in total. The Bertz CT molecular complexity index is 1210. The molecule has 0 fully saturated rings. The van der Waals surface area contributed by atoms with Crippen molar-refractivity contribution in [2.75, 3.05) is 12.4 Å². The molecule has 3 rings (SSSR count). The van der Waals surface area contributed by atoms with Crippen molar-refractivity contribution >= 4 is 62.2 Å². The molecular weight excluding hydrogens is 489 g/mol. The van der Waals surface area contributed by atoms with Gasteiger partial charge in [0.2, 0.25) is 10.0 Å². The predicted molar refractivity (Wildman–Crippen MR) is 132 cm³/mol. The van der Waals surface area contributed by atoms with E-state index < -0.39 is 15.9 Å². The maximum atomic E-state index is 12.8. The van der Waals surface area contributed by atoms with Gasteiger partial charge in [0.05, 0.1) is 4.90 Å². The van der Waals surface area contributed by atoms with Crippen LogP contribution in [-0.2, 0) is 16.6 Å². The molecule has 0 heterocycles. The van der Waals surface area contributed by atoms with Gasteiger partial charge >= 0.3 is 0 Å². The van der Waals surface area contributed by atoms with E-state index >= 15 is 0 Å². The molecule has 0 unspecified atom stereocenters. The number of hydrogen-bond acceptors (Lipinski definition) is 4. The summed E-state index contributed by atoms with van der Waals surface area (Å²) >= 11 is 17.0. The molecule has 32 heavy (non-hydrogen) atoms.